The predicted octanol–water partition coefficient (Wildman–Crippen LogP) is 4.03. The third-order valence-electron chi connectivity index (χ3n) is 18.5. The van der Waals surface area contributed by atoms with E-state index in [-0.39, 0.29) is 95.7 Å². The van der Waals surface area contributed by atoms with Gasteiger partial charge in [-0.25, -0.2) is 8.78 Å². The topological polar surface area (TPSA) is 184 Å². The Labute approximate surface area is 486 Å². The average molecular weight is 1150 g/mol. The van der Waals surface area contributed by atoms with Crippen LogP contribution in [0.2, 0.25) is 0 Å². The van der Waals surface area contributed by atoms with Gasteiger partial charge in [-0.05, 0) is 81.6 Å². The number of fused-ring (bicyclic) bond motifs is 2. The summed E-state index contributed by atoms with van der Waals surface area (Å²) >= 11 is 0. The number of H-pyrrole nitrogens is 2. The zero-order valence-electron chi connectivity index (χ0n) is 49.9. The van der Waals surface area contributed by atoms with Gasteiger partial charge in [-0.2, -0.15) is 0 Å². The van der Waals surface area contributed by atoms with Crippen LogP contribution < -0.4 is 31.6 Å². The Hall–Kier alpha value is -6.16. The van der Waals surface area contributed by atoms with Gasteiger partial charge in [0.1, 0.15) is 11.6 Å². The summed E-state index contributed by atoms with van der Waals surface area (Å²) in [7, 11) is 0. The van der Waals surface area contributed by atoms with Gasteiger partial charge < -0.3 is 40.2 Å². The highest BCUT2D eigenvalue weighted by Crippen LogP contribution is 2.41. The number of aromatic amines is 2. The number of benzene rings is 2. The van der Waals surface area contributed by atoms with Crippen LogP contribution in [0.15, 0.2) is 70.3 Å². The molecule has 8 heterocycles. The Bertz CT molecular complexity index is 2940. The standard InChI is InChI=1S/C63H86F2N12O6/c1-40-30-74(36-56(80)76-38-62(5,6)58-52(76)26-46(60(82)68-58)24-44-12-16-48(64)17-13-44)50(28-66-40)34-70-20-22-72(32-42(70)3)54(78)10-9-11-55(79)73-23-21-71(43(4)33-73)35-51-29-67-41(2)31-75(51)37-57(81)77-39-63(7,8)59-53(77)27-47(61(83)69-59)25-45-14-18-49(65)19-15-45/h12-19,26-27,40-43,50-51,66-67H,9-11,20-25,28-39H2,1-8H3,(H,68,82)(H,69,83)/t40-,41-,42?,43?,50-,51-/m1/s1. The lowest BCUT2D eigenvalue weighted by Crippen LogP contribution is -2.63. The predicted molar refractivity (Wildman–Crippen MR) is 318 cm³/mol. The molecule has 6 aliphatic heterocycles. The SMILES string of the molecule is CC1CN(C(=O)CCCC(=O)N2CCN(C[C@H]3CN[C@H](C)CN3CC(=O)N3CC(C)(C)c4[nH]c(=O)c(Cc5ccc(F)cc5)cc43)C(C)C2)CCN1C[C@H]1CN[C@H](C)CN1CC(=O)N1CC(C)(C)c2[nH]c(=O)c(Cc3ccc(F)cc3)cc21. The number of hydrogen-bond donors (Lipinski definition) is 4. The van der Waals surface area contributed by atoms with Crippen LogP contribution in [0.3, 0.4) is 0 Å². The maximum atomic E-state index is 14.4. The van der Waals surface area contributed by atoms with Gasteiger partial charge in [-0.3, -0.25) is 48.4 Å². The molecule has 4 aromatic rings. The number of pyridine rings is 2. The molecule has 4 saturated heterocycles. The largest absolute Gasteiger partial charge is 0.340 e. The molecule has 2 aromatic heterocycles. The maximum absolute atomic E-state index is 14.4. The summed E-state index contributed by atoms with van der Waals surface area (Å²) in [6, 6.07) is 16.6. The normalized spacial score (nSPS) is 24.9. The minimum atomic E-state index is -0.452. The van der Waals surface area contributed by atoms with Gasteiger partial charge in [0.25, 0.3) is 11.1 Å². The highest BCUT2D eigenvalue weighted by Gasteiger charge is 2.43. The monoisotopic (exact) mass is 1140 g/mol. The van der Waals surface area contributed by atoms with Crippen molar-refractivity contribution in [3.8, 4) is 0 Å². The smallest absolute Gasteiger partial charge is 0.251 e. The first-order valence-corrected chi connectivity index (χ1v) is 30.1. The van der Waals surface area contributed by atoms with Gasteiger partial charge in [0.15, 0.2) is 0 Å². The van der Waals surface area contributed by atoms with Crippen molar-refractivity contribution in [1.29, 1.82) is 0 Å². The van der Waals surface area contributed by atoms with Crippen molar-refractivity contribution in [3.63, 3.8) is 0 Å². The van der Waals surface area contributed by atoms with E-state index in [1.165, 1.54) is 24.3 Å². The summed E-state index contributed by atoms with van der Waals surface area (Å²) in [5.74, 6) is -0.592. The Balaban J connectivity index is 0.672. The lowest BCUT2D eigenvalue weighted by molar-refractivity contribution is -0.136. The molecule has 2 aromatic carbocycles. The fraction of sp³-hybridized carbons (Fsp3) is 0.587. The molecule has 6 atom stereocenters. The van der Waals surface area contributed by atoms with Gasteiger partial charge in [0, 0.05) is 187 Å². The summed E-state index contributed by atoms with van der Waals surface area (Å²) in [6.07, 6.45) is 1.74. The molecule has 0 saturated carbocycles. The van der Waals surface area contributed by atoms with Crippen LogP contribution >= 0.6 is 0 Å². The Morgan fingerprint density at radius 3 is 1.29 bits per heavy atom. The molecule has 0 bridgehead atoms. The molecule has 10 rings (SSSR count). The molecule has 448 valence electrons. The van der Waals surface area contributed by atoms with Crippen LogP contribution in [0.4, 0.5) is 20.2 Å². The summed E-state index contributed by atoms with van der Waals surface area (Å²) in [5, 5.41) is 7.26. The second kappa shape index (κ2) is 24.8. The zero-order valence-corrected chi connectivity index (χ0v) is 49.9. The number of anilines is 2. The van der Waals surface area contributed by atoms with E-state index in [1.54, 1.807) is 24.3 Å². The van der Waals surface area contributed by atoms with Crippen LogP contribution in [0, 0.1) is 11.6 Å². The molecule has 4 fully saturated rings. The fourth-order valence-electron chi connectivity index (χ4n) is 13.6. The summed E-state index contributed by atoms with van der Waals surface area (Å²) in [5.41, 5.74) is 4.28. The maximum Gasteiger partial charge on any atom is 0.251 e. The van der Waals surface area contributed by atoms with Gasteiger partial charge in [0.05, 0.1) is 24.5 Å². The number of halogens is 2. The summed E-state index contributed by atoms with van der Waals surface area (Å²) in [4.78, 5) is 106. The fourth-order valence-corrected chi connectivity index (χ4v) is 13.6. The minimum Gasteiger partial charge on any atom is -0.340 e. The number of nitrogens with zero attached hydrogens (tertiary/aromatic N) is 8. The molecule has 4 N–H and O–H groups in total. The quantitative estimate of drug-likeness (QED) is 0.127. The average Bonchev–Trinajstić information content (AvgIpc) is 3.79. The molecule has 2 unspecified atom stereocenters. The third-order valence-corrected chi connectivity index (χ3v) is 18.5. The van der Waals surface area contributed by atoms with Gasteiger partial charge in [-0.15, -0.1) is 0 Å². The van der Waals surface area contributed by atoms with Gasteiger partial charge in [-0.1, -0.05) is 52.0 Å². The van der Waals surface area contributed by atoms with Crippen molar-refractivity contribution < 1.29 is 28.0 Å². The molecular weight excluding hydrogens is 1060 g/mol. The van der Waals surface area contributed by atoms with E-state index in [2.05, 4.69) is 67.9 Å². The van der Waals surface area contributed by atoms with Crippen molar-refractivity contribution in [3.05, 3.63) is 127 Å². The highest BCUT2D eigenvalue weighted by atomic mass is 19.1. The first kappa shape index (κ1) is 60.0. The Morgan fingerprint density at radius 1 is 0.530 bits per heavy atom. The third kappa shape index (κ3) is 13.7. The van der Waals surface area contributed by atoms with Crippen molar-refractivity contribution in [2.45, 2.75) is 135 Å². The van der Waals surface area contributed by atoms with E-state index in [4.69, 9.17) is 0 Å². The molecule has 0 radical (unpaired) electrons. The van der Waals surface area contributed by atoms with Gasteiger partial charge >= 0.3 is 0 Å². The number of nitrogens with one attached hydrogen (secondary N) is 4. The lowest BCUT2D eigenvalue weighted by Gasteiger charge is -2.46. The lowest BCUT2D eigenvalue weighted by atomic mass is 9.91. The molecule has 18 nitrogen and oxygen atoms in total. The number of amides is 4. The first-order valence-electron chi connectivity index (χ1n) is 30.1. The van der Waals surface area contributed by atoms with Crippen LogP contribution in [0.5, 0.6) is 0 Å². The molecule has 6 aliphatic rings. The number of carbonyl (C=O) groups is 4. The number of hydrogen-bond acceptors (Lipinski definition) is 12. The van der Waals surface area contributed by atoms with E-state index in [9.17, 15) is 37.5 Å². The van der Waals surface area contributed by atoms with Crippen molar-refractivity contribution in [1.82, 2.24) is 50.0 Å². The van der Waals surface area contributed by atoms with Crippen molar-refractivity contribution in [2.75, 3.05) is 115 Å². The van der Waals surface area contributed by atoms with Crippen molar-refractivity contribution >= 4 is 35.0 Å². The van der Waals surface area contributed by atoms with Gasteiger partial charge in [0.2, 0.25) is 23.6 Å². The Morgan fingerprint density at radius 2 is 0.916 bits per heavy atom. The molecule has 83 heavy (non-hydrogen) atoms. The molecule has 4 amide bonds. The number of piperazine rings is 4. The number of carbonyl (C=O) groups excluding carboxylic acids is 4. The number of rotatable bonds is 16. The molecular formula is C63H86F2N12O6. The highest BCUT2D eigenvalue weighted by molar-refractivity contribution is 5.98. The van der Waals surface area contributed by atoms with E-state index in [0.717, 1.165) is 60.1 Å². The Kier molecular flexibility index (Phi) is 17.9. The second-order valence-electron chi connectivity index (χ2n) is 26.1. The zero-order chi connectivity index (χ0) is 59.1. The van der Waals surface area contributed by atoms with Crippen LogP contribution in [0.25, 0.3) is 0 Å². The number of aromatic nitrogens is 2. The van der Waals surface area contributed by atoms with E-state index in [0.29, 0.717) is 109 Å². The molecule has 0 spiro atoms. The van der Waals surface area contributed by atoms with Crippen LogP contribution in [-0.4, -0.2) is 204 Å². The van der Waals surface area contributed by atoms with E-state index >= 15 is 0 Å². The van der Waals surface area contributed by atoms with Crippen LogP contribution in [-0.2, 0) is 42.8 Å². The summed E-state index contributed by atoms with van der Waals surface area (Å²) in [6.45, 7) is 26.2. The van der Waals surface area contributed by atoms with E-state index in [1.807, 2.05) is 59.4 Å². The second-order valence-corrected chi connectivity index (χ2v) is 26.1. The van der Waals surface area contributed by atoms with E-state index < -0.39 is 10.8 Å². The first-order chi connectivity index (χ1) is 39.5. The van der Waals surface area contributed by atoms with Crippen molar-refractivity contribution in [2.24, 2.45) is 0 Å². The van der Waals surface area contributed by atoms with Crippen LogP contribution in [0.1, 0.15) is 108 Å². The minimum absolute atomic E-state index is 0.0242. The molecule has 20 heteroatoms. The summed E-state index contributed by atoms with van der Waals surface area (Å²) < 4.78 is 27.3. The molecule has 0 aliphatic carbocycles.